The number of aliphatic hydroxyl groups is 1. The van der Waals surface area contributed by atoms with E-state index in [1.807, 2.05) is 5.38 Å². The third-order valence-electron chi connectivity index (χ3n) is 1.42. The molecule has 0 fully saturated rings. The molecule has 0 aliphatic carbocycles. The van der Waals surface area contributed by atoms with E-state index in [9.17, 15) is 5.11 Å². The van der Waals surface area contributed by atoms with Gasteiger partial charge >= 0.3 is 0 Å². The largest absolute Gasteiger partial charge is 0.381 e. The highest BCUT2D eigenvalue weighted by atomic mass is 32.1. The van der Waals surface area contributed by atoms with E-state index < -0.39 is 5.60 Å². The van der Waals surface area contributed by atoms with Gasteiger partial charge in [0.15, 0.2) is 0 Å². The molecule has 1 unspecified atom stereocenters. The summed E-state index contributed by atoms with van der Waals surface area (Å²) in [5.41, 5.74) is -0.279. The fourth-order valence-electron chi connectivity index (χ4n) is 0.845. The van der Waals surface area contributed by atoms with Crippen molar-refractivity contribution < 1.29 is 9.84 Å². The molecule has 1 heterocycles. The molecule has 0 saturated heterocycles. The first-order valence-electron chi connectivity index (χ1n) is 3.29. The van der Waals surface area contributed by atoms with Crippen LogP contribution in [0.15, 0.2) is 11.4 Å². The fourth-order valence-corrected chi connectivity index (χ4v) is 1.47. The van der Waals surface area contributed by atoms with Crippen LogP contribution in [0.3, 0.4) is 0 Å². The Morgan fingerprint density at radius 3 is 3.00 bits per heavy atom. The Balaban J connectivity index is 2.73. The van der Waals surface area contributed by atoms with Gasteiger partial charge in [-0.2, -0.15) is 4.37 Å². The van der Waals surface area contributed by atoms with Gasteiger partial charge in [0.1, 0.15) is 5.60 Å². The van der Waals surface area contributed by atoms with Gasteiger partial charge in [0, 0.05) is 12.5 Å². The summed E-state index contributed by atoms with van der Waals surface area (Å²) in [6, 6.07) is 1.80. The van der Waals surface area contributed by atoms with E-state index in [2.05, 4.69) is 4.37 Å². The predicted molar refractivity (Wildman–Crippen MR) is 43.6 cm³/mol. The van der Waals surface area contributed by atoms with Crippen LogP contribution in [0.4, 0.5) is 0 Å². The zero-order chi connectivity index (χ0) is 8.32. The van der Waals surface area contributed by atoms with Gasteiger partial charge in [-0.15, -0.1) is 0 Å². The van der Waals surface area contributed by atoms with Gasteiger partial charge in [-0.3, -0.25) is 0 Å². The fraction of sp³-hybridized carbons (Fsp3) is 0.571. The van der Waals surface area contributed by atoms with E-state index in [4.69, 9.17) is 4.74 Å². The Morgan fingerprint density at radius 2 is 2.55 bits per heavy atom. The van der Waals surface area contributed by atoms with Crippen LogP contribution in [-0.2, 0) is 10.3 Å². The Bertz CT molecular complexity index is 208. The van der Waals surface area contributed by atoms with E-state index in [1.165, 1.54) is 11.5 Å². The molecule has 0 radical (unpaired) electrons. The summed E-state index contributed by atoms with van der Waals surface area (Å²) >= 11 is 1.33. The van der Waals surface area contributed by atoms with Crippen LogP contribution in [0.2, 0.25) is 0 Å². The standard InChI is InChI=1S/C7H11NO2S/c1-7(9,5-10-2)6-3-4-11-8-6/h3-4,9H,5H2,1-2H3. The number of aromatic nitrogens is 1. The third kappa shape index (κ3) is 1.99. The molecule has 0 bridgehead atoms. The summed E-state index contributed by atoms with van der Waals surface area (Å²) in [6.07, 6.45) is 0. The topological polar surface area (TPSA) is 42.4 Å². The molecule has 0 aliphatic heterocycles. The first-order valence-corrected chi connectivity index (χ1v) is 4.12. The van der Waals surface area contributed by atoms with Crippen molar-refractivity contribution in [3.8, 4) is 0 Å². The van der Waals surface area contributed by atoms with Crippen LogP contribution in [-0.4, -0.2) is 23.2 Å². The van der Waals surface area contributed by atoms with Crippen molar-refractivity contribution in [3.05, 3.63) is 17.1 Å². The maximum absolute atomic E-state index is 9.69. The first-order chi connectivity index (χ1) is 5.17. The molecule has 4 heteroatoms. The average Bonchev–Trinajstić information content (AvgIpc) is 2.37. The summed E-state index contributed by atoms with van der Waals surface area (Å²) < 4.78 is 8.86. The SMILES string of the molecule is COCC(C)(O)c1ccsn1. The molecule has 62 valence electrons. The van der Waals surface area contributed by atoms with Gasteiger partial charge < -0.3 is 9.84 Å². The summed E-state index contributed by atoms with van der Waals surface area (Å²) in [5, 5.41) is 11.5. The third-order valence-corrected chi connectivity index (χ3v) is 1.97. The lowest BCUT2D eigenvalue weighted by molar-refractivity contribution is -0.0232. The van der Waals surface area contributed by atoms with Gasteiger partial charge in [-0.1, -0.05) is 0 Å². The second kappa shape index (κ2) is 3.30. The normalized spacial score (nSPS) is 16.3. The summed E-state index contributed by atoms with van der Waals surface area (Å²) in [7, 11) is 1.56. The highest BCUT2D eigenvalue weighted by Gasteiger charge is 2.24. The number of nitrogens with zero attached hydrogens (tertiary/aromatic N) is 1. The number of methoxy groups -OCH3 is 1. The quantitative estimate of drug-likeness (QED) is 0.741. The lowest BCUT2D eigenvalue weighted by Gasteiger charge is -2.19. The molecule has 3 nitrogen and oxygen atoms in total. The molecular formula is C7H11NO2S. The Kier molecular flexibility index (Phi) is 2.59. The second-order valence-corrected chi connectivity index (χ2v) is 3.26. The first kappa shape index (κ1) is 8.64. The monoisotopic (exact) mass is 173 g/mol. The summed E-state index contributed by atoms with van der Waals surface area (Å²) in [6.45, 7) is 1.96. The van der Waals surface area contributed by atoms with Crippen molar-refractivity contribution in [2.75, 3.05) is 13.7 Å². The minimum Gasteiger partial charge on any atom is -0.381 e. The number of ether oxygens (including phenoxy) is 1. The molecule has 0 spiro atoms. The minimum absolute atomic E-state index is 0.275. The summed E-state index contributed by atoms with van der Waals surface area (Å²) in [5.74, 6) is 0. The van der Waals surface area contributed by atoms with Crippen molar-refractivity contribution in [2.24, 2.45) is 0 Å². The van der Waals surface area contributed by atoms with Crippen LogP contribution in [0.5, 0.6) is 0 Å². The molecule has 11 heavy (non-hydrogen) atoms. The highest BCUT2D eigenvalue weighted by Crippen LogP contribution is 2.19. The van der Waals surface area contributed by atoms with E-state index >= 15 is 0 Å². The molecule has 0 aliphatic rings. The zero-order valence-electron chi connectivity index (χ0n) is 6.57. The zero-order valence-corrected chi connectivity index (χ0v) is 7.39. The molecule has 1 aromatic heterocycles. The van der Waals surface area contributed by atoms with E-state index in [0.29, 0.717) is 5.69 Å². The molecular weight excluding hydrogens is 162 g/mol. The van der Waals surface area contributed by atoms with Gasteiger partial charge in [0.25, 0.3) is 0 Å². The maximum atomic E-state index is 9.69. The number of hydrogen-bond acceptors (Lipinski definition) is 4. The van der Waals surface area contributed by atoms with Crippen molar-refractivity contribution in [1.29, 1.82) is 0 Å². The number of hydrogen-bond donors (Lipinski definition) is 1. The van der Waals surface area contributed by atoms with Gasteiger partial charge in [-0.25, -0.2) is 0 Å². The Hall–Kier alpha value is -0.450. The van der Waals surface area contributed by atoms with Crippen LogP contribution < -0.4 is 0 Å². The van der Waals surface area contributed by atoms with Crippen molar-refractivity contribution in [3.63, 3.8) is 0 Å². The Morgan fingerprint density at radius 1 is 1.82 bits per heavy atom. The second-order valence-electron chi connectivity index (χ2n) is 2.59. The minimum atomic E-state index is -0.950. The van der Waals surface area contributed by atoms with E-state index in [0.717, 1.165) is 0 Å². The molecule has 1 atom stereocenters. The smallest absolute Gasteiger partial charge is 0.128 e. The van der Waals surface area contributed by atoms with E-state index in [1.54, 1.807) is 20.1 Å². The molecule has 0 saturated carbocycles. The summed E-state index contributed by atoms with van der Waals surface area (Å²) in [4.78, 5) is 0. The lowest BCUT2D eigenvalue weighted by atomic mass is 10.0. The van der Waals surface area contributed by atoms with Crippen molar-refractivity contribution in [2.45, 2.75) is 12.5 Å². The molecule has 0 aromatic carbocycles. The maximum Gasteiger partial charge on any atom is 0.128 e. The van der Waals surface area contributed by atoms with E-state index in [-0.39, 0.29) is 6.61 Å². The van der Waals surface area contributed by atoms with Crippen LogP contribution in [0.1, 0.15) is 12.6 Å². The number of rotatable bonds is 3. The van der Waals surface area contributed by atoms with Crippen molar-refractivity contribution >= 4 is 11.5 Å². The molecule has 0 amide bonds. The van der Waals surface area contributed by atoms with Gasteiger partial charge in [-0.05, 0) is 24.5 Å². The Labute approximate surface area is 69.8 Å². The molecule has 1 rings (SSSR count). The molecule has 1 aromatic rings. The van der Waals surface area contributed by atoms with Gasteiger partial charge in [0.2, 0.25) is 0 Å². The predicted octanol–water partition coefficient (Wildman–Crippen LogP) is 0.997. The van der Waals surface area contributed by atoms with Crippen LogP contribution >= 0.6 is 11.5 Å². The van der Waals surface area contributed by atoms with Crippen molar-refractivity contribution in [1.82, 2.24) is 4.37 Å². The average molecular weight is 173 g/mol. The van der Waals surface area contributed by atoms with Gasteiger partial charge in [0.05, 0.1) is 12.3 Å². The highest BCUT2D eigenvalue weighted by molar-refractivity contribution is 7.03. The van der Waals surface area contributed by atoms with Crippen LogP contribution in [0, 0.1) is 0 Å². The molecule has 1 N–H and O–H groups in total. The lowest BCUT2D eigenvalue weighted by Crippen LogP contribution is -2.27. The van der Waals surface area contributed by atoms with Crippen LogP contribution in [0.25, 0.3) is 0 Å².